The molecule has 1 heterocycles. The molecule has 0 aromatic carbocycles. The van der Waals surface area contributed by atoms with Gasteiger partial charge in [0.2, 0.25) is 0 Å². The third-order valence-corrected chi connectivity index (χ3v) is 4.57. The van der Waals surface area contributed by atoms with Gasteiger partial charge in [-0.1, -0.05) is 6.42 Å². The SMILES string of the molecule is CC1CSCCN1C1CCCC1N. The highest BCUT2D eigenvalue weighted by Crippen LogP contribution is 2.27. The predicted molar refractivity (Wildman–Crippen MR) is 59.1 cm³/mol. The Labute approximate surface area is 85.2 Å². The van der Waals surface area contributed by atoms with Gasteiger partial charge in [0.15, 0.2) is 0 Å². The molecule has 2 rings (SSSR count). The van der Waals surface area contributed by atoms with Crippen molar-refractivity contribution in [1.82, 2.24) is 4.90 Å². The largest absolute Gasteiger partial charge is 0.326 e. The molecule has 1 saturated carbocycles. The van der Waals surface area contributed by atoms with Crippen LogP contribution in [0.25, 0.3) is 0 Å². The maximum atomic E-state index is 6.12. The highest BCUT2D eigenvalue weighted by atomic mass is 32.2. The number of rotatable bonds is 1. The standard InChI is InChI=1S/C10H20N2S/c1-8-7-13-6-5-12(8)10-4-2-3-9(10)11/h8-10H,2-7,11H2,1H3. The zero-order valence-corrected chi connectivity index (χ0v) is 9.22. The molecule has 2 fully saturated rings. The second-order valence-electron chi connectivity index (χ2n) is 4.32. The van der Waals surface area contributed by atoms with E-state index in [0.29, 0.717) is 12.1 Å². The molecule has 1 aliphatic carbocycles. The monoisotopic (exact) mass is 200 g/mol. The van der Waals surface area contributed by atoms with E-state index in [1.165, 1.54) is 37.3 Å². The van der Waals surface area contributed by atoms with E-state index in [1.54, 1.807) is 0 Å². The molecule has 0 radical (unpaired) electrons. The second-order valence-corrected chi connectivity index (χ2v) is 5.47. The Kier molecular flexibility index (Phi) is 3.17. The zero-order valence-electron chi connectivity index (χ0n) is 8.41. The van der Waals surface area contributed by atoms with Gasteiger partial charge < -0.3 is 5.73 Å². The van der Waals surface area contributed by atoms with Crippen LogP contribution in [0.4, 0.5) is 0 Å². The van der Waals surface area contributed by atoms with Gasteiger partial charge in [-0.25, -0.2) is 0 Å². The fraction of sp³-hybridized carbons (Fsp3) is 1.00. The number of thioether (sulfide) groups is 1. The lowest BCUT2D eigenvalue weighted by atomic mass is 10.1. The summed E-state index contributed by atoms with van der Waals surface area (Å²) in [6.07, 6.45) is 3.90. The van der Waals surface area contributed by atoms with Crippen LogP contribution in [-0.4, -0.2) is 41.1 Å². The van der Waals surface area contributed by atoms with E-state index >= 15 is 0 Å². The summed E-state index contributed by atoms with van der Waals surface area (Å²) in [4.78, 5) is 2.65. The molecule has 3 atom stereocenters. The highest BCUT2D eigenvalue weighted by molar-refractivity contribution is 7.99. The van der Waals surface area contributed by atoms with Crippen molar-refractivity contribution < 1.29 is 0 Å². The number of hydrogen-bond acceptors (Lipinski definition) is 3. The first-order valence-corrected chi connectivity index (χ1v) is 6.53. The zero-order chi connectivity index (χ0) is 9.26. The molecular weight excluding hydrogens is 180 g/mol. The number of hydrogen-bond donors (Lipinski definition) is 1. The van der Waals surface area contributed by atoms with Crippen LogP contribution in [0, 0.1) is 0 Å². The van der Waals surface area contributed by atoms with Gasteiger partial charge in [-0.15, -0.1) is 0 Å². The van der Waals surface area contributed by atoms with Gasteiger partial charge in [-0.05, 0) is 19.8 Å². The Morgan fingerprint density at radius 1 is 1.38 bits per heavy atom. The topological polar surface area (TPSA) is 29.3 Å². The highest BCUT2D eigenvalue weighted by Gasteiger charge is 2.33. The van der Waals surface area contributed by atoms with E-state index in [0.717, 1.165) is 6.04 Å². The Hall–Kier alpha value is 0.270. The molecular formula is C10H20N2S. The average Bonchev–Trinajstić information content (AvgIpc) is 2.52. The van der Waals surface area contributed by atoms with Crippen molar-refractivity contribution >= 4 is 11.8 Å². The van der Waals surface area contributed by atoms with Crippen molar-refractivity contribution in [2.75, 3.05) is 18.1 Å². The van der Waals surface area contributed by atoms with Crippen molar-refractivity contribution in [2.45, 2.75) is 44.3 Å². The second kappa shape index (κ2) is 4.20. The lowest BCUT2D eigenvalue weighted by Crippen LogP contribution is -2.52. The molecule has 2 aliphatic rings. The maximum Gasteiger partial charge on any atom is 0.0250 e. The summed E-state index contributed by atoms with van der Waals surface area (Å²) in [7, 11) is 0. The summed E-state index contributed by atoms with van der Waals surface area (Å²) < 4.78 is 0. The van der Waals surface area contributed by atoms with E-state index < -0.39 is 0 Å². The fourth-order valence-electron chi connectivity index (χ4n) is 2.61. The van der Waals surface area contributed by atoms with Crippen LogP contribution in [0.15, 0.2) is 0 Å². The summed E-state index contributed by atoms with van der Waals surface area (Å²) in [5.41, 5.74) is 6.12. The third kappa shape index (κ3) is 2.03. The van der Waals surface area contributed by atoms with E-state index in [1.807, 2.05) is 0 Å². The predicted octanol–water partition coefficient (Wildman–Crippen LogP) is 1.30. The molecule has 3 unspecified atom stereocenters. The van der Waals surface area contributed by atoms with Crippen LogP contribution < -0.4 is 5.73 Å². The number of nitrogens with zero attached hydrogens (tertiary/aromatic N) is 1. The molecule has 1 aliphatic heterocycles. The molecule has 0 bridgehead atoms. The molecule has 0 aromatic rings. The Bertz CT molecular complexity index is 174. The molecule has 76 valence electrons. The van der Waals surface area contributed by atoms with Crippen molar-refractivity contribution in [3.05, 3.63) is 0 Å². The minimum atomic E-state index is 0.450. The van der Waals surface area contributed by atoms with E-state index in [4.69, 9.17) is 5.73 Å². The van der Waals surface area contributed by atoms with Crippen LogP contribution in [0.2, 0.25) is 0 Å². The maximum absolute atomic E-state index is 6.12. The summed E-state index contributed by atoms with van der Waals surface area (Å²) in [5, 5.41) is 0. The molecule has 2 N–H and O–H groups in total. The van der Waals surface area contributed by atoms with Crippen LogP contribution in [0.3, 0.4) is 0 Å². The first-order chi connectivity index (χ1) is 6.29. The van der Waals surface area contributed by atoms with Crippen molar-refractivity contribution in [3.63, 3.8) is 0 Å². The van der Waals surface area contributed by atoms with Crippen molar-refractivity contribution in [3.8, 4) is 0 Å². The quantitative estimate of drug-likeness (QED) is 0.692. The van der Waals surface area contributed by atoms with Gasteiger partial charge in [-0.3, -0.25) is 4.90 Å². The Morgan fingerprint density at radius 2 is 2.23 bits per heavy atom. The van der Waals surface area contributed by atoms with Crippen LogP contribution >= 0.6 is 11.8 Å². The lowest BCUT2D eigenvalue weighted by Gasteiger charge is -2.39. The molecule has 2 nitrogen and oxygen atoms in total. The molecule has 0 aromatic heterocycles. The average molecular weight is 200 g/mol. The summed E-state index contributed by atoms with van der Waals surface area (Å²) in [6, 6.07) is 1.88. The Morgan fingerprint density at radius 3 is 2.85 bits per heavy atom. The van der Waals surface area contributed by atoms with Crippen molar-refractivity contribution in [1.29, 1.82) is 0 Å². The first-order valence-electron chi connectivity index (χ1n) is 5.38. The Balaban J connectivity index is 1.97. The van der Waals surface area contributed by atoms with Gasteiger partial charge in [0, 0.05) is 36.2 Å². The molecule has 1 saturated heterocycles. The summed E-state index contributed by atoms with van der Waals surface area (Å²) in [5.74, 6) is 2.59. The van der Waals surface area contributed by atoms with Crippen LogP contribution in [0.5, 0.6) is 0 Å². The molecule has 3 heteroatoms. The van der Waals surface area contributed by atoms with Gasteiger partial charge in [0.25, 0.3) is 0 Å². The van der Waals surface area contributed by atoms with E-state index in [-0.39, 0.29) is 0 Å². The van der Waals surface area contributed by atoms with E-state index in [2.05, 4.69) is 23.6 Å². The van der Waals surface area contributed by atoms with Gasteiger partial charge >= 0.3 is 0 Å². The number of nitrogens with two attached hydrogens (primary N) is 1. The smallest absolute Gasteiger partial charge is 0.0250 e. The third-order valence-electron chi connectivity index (χ3n) is 3.38. The minimum Gasteiger partial charge on any atom is -0.326 e. The van der Waals surface area contributed by atoms with Gasteiger partial charge in [-0.2, -0.15) is 11.8 Å². The molecule has 0 amide bonds. The first kappa shape index (κ1) is 9.81. The normalized spacial score (nSPS) is 42.5. The van der Waals surface area contributed by atoms with Crippen LogP contribution in [-0.2, 0) is 0 Å². The van der Waals surface area contributed by atoms with E-state index in [9.17, 15) is 0 Å². The molecule has 13 heavy (non-hydrogen) atoms. The van der Waals surface area contributed by atoms with Crippen LogP contribution in [0.1, 0.15) is 26.2 Å². The summed E-state index contributed by atoms with van der Waals surface area (Å²) in [6.45, 7) is 3.60. The fourth-order valence-corrected chi connectivity index (χ4v) is 3.65. The molecule has 0 spiro atoms. The minimum absolute atomic E-state index is 0.450. The van der Waals surface area contributed by atoms with Gasteiger partial charge in [0.1, 0.15) is 0 Å². The van der Waals surface area contributed by atoms with Gasteiger partial charge in [0.05, 0.1) is 0 Å². The summed E-state index contributed by atoms with van der Waals surface area (Å²) >= 11 is 2.08. The van der Waals surface area contributed by atoms with Crippen molar-refractivity contribution in [2.24, 2.45) is 5.73 Å². The lowest BCUT2D eigenvalue weighted by molar-refractivity contribution is 0.152.